The van der Waals surface area contributed by atoms with E-state index in [2.05, 4.69) is 16.5 Å². The third-order valence-corrected chi connectivity index (χ3v) is 3.57. The molecule has 1 aromatic carbocycles. The second-order valence-corrected chi connectivity index (χ2v) is 4.95. The molecule has 0 atom stereocenters. The van der Waals surface area contributed by atoms with E-state index >= 15 is 0 Å². The highest BCUT2D eigenvalue weighted by Gasteiger charge is 2.08. The number of aromatic nitrogens is 2. The van der Waals surface area contributed by atoms with Gasteiger partial charge in [0.15, 0.2) is 0 Å². The number of methoxy groups -OCH3 is 1. The molecule has 2 rings (SSSR count). The summed E-state index contributed by atoms with van der Waals surface area (Å²) in [6.07, 6.45) is 5.59. The Balaban J connectivity index is 2.18. The number of benzene rings is 1. The van der Waals surface area contributed by atoms with Gasteiger partial charge in [0, 0.05) is 18.2 Å². The number of hydrogen-bond donors (Lipinski definition) is 1. The smallest absolute Gasteiger partial charge is 0.103 e. The van der Waals surface area contributed by atoms with Crippen molar-refractivity contribution < 1.29 is 4.74 Å². The summed E-state index contributed by atoms with van der Waals surface area (Å²) in [6, 6.07) is 8.02. The van der Waals surface area contributed by atoms with Crippen molar-refractivity contribution in [2.45, 2.75) is 11.4 Å². The SMILES string of the molecule is COCCn1cc(Nc2cccc(SC)c2C#N)cn1. The summed E-state index contributed by atoms with van der Waals surface area (Å²) < 4.78 is 6.81. The number of ether oxygens (including phenoxy) is 1. The fourth-order valence-corrected chi connectivity index (χ4v) is 2.39. The number of rotatable bonds is 6. The molecule has 2 aromatic rings. The Morgan fingerprint density at radius 3 is 3.05 bits per heavy atom. The van der Waals surface area contributed by atoms with Crippen LogP contribution in [0.2, 0.25) is 0 Å². The lowest BCUT2D eigenvalue weighted by molar-refractivity contribution is 0.183. The van der Waals surface area contributed by atoms with Gasteiger partial charge in [-0.05, 0) is 18.4 Å². The first-order valence-electron chi connectivity index (χ1n) is 6.14. The molecule has 0 bridgehead atoms. The first kappa shape index (κ1) is 14.4. The van der Waals surface area contributed by atoms with Crippen molar-refractivity contribution in [3.63, 3.8) is 0 Å². The summed E-state index contributed by atoms with van der Waals surface area (Å²) in [6.45, 7) is 1.32. The van der Waals surface area contributed by atoms with Gasteiger partial charge in [-0.1, -0.05) is 6.07 Å². The topological polar surface area (TPSA) is 62.9 Å². The van der Waals surface area contributed by atoms with Gasteiger partial charge in [-0.3, -0.25) is 4.68 Å². The predicted octanol–water partition coefficient (Wildman–Crippen LogP) is 2.87. The molecule has 1 heterocycles. The van der Waals surface area contributed by atoms with Gasteiger partial charge in [0.2, 0.25) is 0 Å². The van der Waals surface area contributed by atoms with Crippen LogP contribution in [0.15, 0.2) is 35.5 Å². The van der Waals surface area contributed by atoms with Crippen LogP contribution in [0.1, 0.15) is 5.56 Å². The lowest BCUT2D eigenvalue weighted by atomic mass is 10.2. The lowest BCUT2D eigenvalue weighted by Gasteiger charge is -2.08. The van der Waals surface area contributed by atoms with Gasteiger partial charge in [0.05, 0.1) is 36.3 Å². The second kappa shape index (κ2) is 6.98. The van der Waals surface area contributed by atoms with Gasteiger partial charge >= 0.3 is 0 Å². The highest BCUT2D eigenvalue weighted by molar-refractivity contribution is 7.98. The van der Waals surface area contributed by atoms with Gasteiger partial charge in [-0.2, -0.15) is 10.4 Å². The average Bonchev–Trinajstić information content (AvgIpc) is 2.92. The minimum Gasteiger partial charge on any atom is -0.383 e. The molecule has 1 N–H and O–H groups in total. The summed E-state index contributed by atoms with van der Waals surface area (Å²) in [7, 11) is 1.66. The largest absolute Gasteiger partial charge is 0.383 e. The molecule has 0 spiro atoms. The van der Waals surface area contributed by atoms with Crippen LogP contribution in [-0.4, -0.2) is 29.8 Å². The molecule has 0 amide bonds. The van der Waals surface area contributed by atoms with Crippen LogP contribution in [-0.2, 0) is 11.3 Å². The van der Waals surface area contributed by atoms with E-state index in [1.807, 2.05) is 30.7 Å². The Morgan fingerprint density at radius 1 is 1.50 bits per heavy atom. The molecule has 0 aliphatic heterocycles. The molecule has 5 nitrogen and oxygen atoms in total. The third kappa shape index (κ3) is 3.32. The zero-order valence-corrected chi connectivity index (χ0v) is 12.3. The number of hydrogen-bond acceptors (Lipinski definition) is 5. The van der Waals surface area contributed by atoms with Crippen LogP contribution in [0.5, 0.6) is 0 Å². The van der Waals surface area contributed by atoms with Crippen LogP contribution < -0.4 is 5.32 Å². The van der Waals surface area contributed by atoms with Crippen LogP contribution in [0.25, 0.3) is 0 Å². The molecule has 1 aromatic heterocycles. The zero-order chi connectivity index (χ0) is 14.4. The van der Waals surface area contributed by atoms with Crippen molar-refractivity contribution in [1.82, 2.24) is 9.78 Å². The molecule has 0 fully saturated rings. The molecule has 0 aliphatic rings. The van der Waals surface area contributed by atoms with Gasteiger partial charge in [0.1, 0.15) is 6.07 Å². The Bertz CT molecular complexity index is 618. The van der Waals surface area contributed by atoms with Crippen LogP contribution in [0, 0.1) is 11.3 Å². The van der Waals surface area contributed by atoms with Crippen molar-refractivity contribution in [1.29, 1.82) is 5.26 Å². The van der Waals surface area contributed by atoms with Crippen molar-refractivity contribution in [3.8, 4) is 6.07 Å². The number of anilines is 2. The quantitative estimate of drug-likeness (QED) is 0.828. The zero-order valence-electron chi connectivity index (χ0n) is 11.5. The highest BCUT2D eigenvalue weighted by atomic mass is 32.2. The van der Waals surface area contributed by atoms with Crippen molar-refractivity contribution in [2.75, 3.05) is 25.3 Å². The molecule has 104 valence electrons. The molecule has 6 heteroatoms. The van der Waals surface area contributed by atoms with Gasteiger partial charge in [-0.15, -0.1) is 11.8 Å². The lowest BCUT2D eigenvalue weighted by Crippen LogP contribution is -2.04. The maximum Gasteiger partial charge on any atom is 0.103 e. The predicted molar refractivity (Wildman–Crippen MR) is 80.3 cm³/mol. The fraction of sp³-hybridized carbons (Fsp3) is 0.286. The Labute approximate surface area is 122 Å². The molecule has 0 unspecified atom stereocenters. The summed E-state index contributed by atoms with van der Waals surface area (Å²) in [5.41, 5.74) is 2.31. The number of nitriles is 1. The molecule has 0 aliphatic carbocycles. The monoisotopic (exact) mass is 288 g/mol. The normalized spacial score (nSPS) is 10.2. The second-order valence-electron chi connectivity index (χ2n) is 4.10. The minimum atomic E-state index is 0.618. The van der Waals surface area contributed by atoms with E-state index in [0.29, 0.717) is 18.7 Å². The highest BCUT2D eigenvalue weighted by Crippen LogP contribution is 2.28. The van der Waals surface area contributed by atoms with Gasteiger partial charge in [-0.25, -0.2) is 0 Å². The fourth-order valence-electron chi connectivity index (χ4n) is 1.81. The van der Waals surface area contributed by atoms with E-state index in [1.165, 1.54) is 0 Å². The molecule has 0 radical (unpaired) electrons. The maximum absolute atomic E-state index is 9.29. The van der Waals surface area contributed by atoms with E-state index in [4.69, 9.17) is 4.74 Å². The van der Waals surface area contributed by atoms with E-state index in [0.717, 1.165) is 16.3 Å². The average molecular weight is 288 g/mol. The summed E-state index contributed by atoms with van der Waals surface area (Å²) in [4.78, 5) is 0.962. The van der Waals surface area contributed by atoms with Crippen molar-refractivity contribution >= 4 is 23.1 Å². The Morgan fingerprint density at radius 2 is 2.35 bits per heavy atom. The van der Waals surface area contributed by atoms with Gasteiger partial charge < -0.3 is 10.1 Å². The molecule has 0 saturated carbocycles. The van der Waals surface area contributed by atoms with E-state index in [-0.39, 0.29) is 0 Å². The Kier molecular flexibility index (Phi) is 5.04. The number of nitrogens with zero attached hydrogens (tertiary/aromatic N) is 3. The van der Waals surface area contributed by atoms with Crippen molar-refractivity contribution in [2.24, 2.45) is 0 Å². The standard InChI is InChI=1S/C14H16N4OS/c1-19-7-6-18-10-11(9-16-18)17-13-4-3-5-14(20-2)12(13)8-15/h3-5,9-10,17H,6-7H2,1-2H3. The Hall–Kier alpha value is -1.97. The molecular weight excluding hydrogens is 272 g/mol. The summed E-state index contributed by atoms with van der Waals surface area (Å²) >= 11 is 1.56. The maximum atomic E-state index is 9.29. The van der Waals surface area contributed by atoms with E-state index < -0.39 is 0 Å². The first-order valence-corrected chi connectivity index (χ1v) is 7.36. The number of thioether (sulfide) groups is 1. The number of nitrogens with one attached hydrogen (secondary N) is 1. The third-order valence-electron chi connectivity index (χ3n) is 2.79. The molecule has 20 heavy (non-hydrogen) atoms. The summed E-state index contributed by atoms with van der Waals surface area (Å²) in [5.74, 6) is 0. The van der Waals surface area contributed by atoms with Crippen LogP contribution >= 0.6 is 11.8 Å². The van der Waals surface area contributed by atoms with Crippen LogP contribution in [0.3, 0.4) is 0 Å². The van der Waals surface area contributed by atoms with Crippen LogP contribution in [0.4, 0.5) is 11.4 Å². The molecule has 0 saturated heterocycles. The van der Waals surface area contributed by atoms with E-state index in [1.54, 1.807) is 29.8 Å². The van der Waals surface area contributed by atoms with Gasteiger partial charge in [0.25, 0.3) is 0 Å². The molecular formula is C14H16N4OS. The summed E-state index contributed by atoms with van der Waals surface area (Å²) in [5, 5.41) is 16.8. The van der Waals surface area contributed by atoms with E-state index in [9.17, 15) is 5.26 Å². The van der Waals surface area contributed by atoms with Crippen molar-refractivity contribution in [3.05, 3.63) is 36.2 Å². The minimum absolute atomic E-state index is 0.618. The first-order chi connectivity index (χ1) is 9.78.